The van der Waals surface area contributed by atoms with Gasteiger partial charge in [-0.3, -0.25) is 0 Å². The first-order valence-corrected chi connectivity index (χ1v) is 6.28. The molecular formula is C13H16N2S. The molecule has 0 saturated carbocycles. The van der Waals surface area contributed by atoms with Gasteiger partial charge in [-0.1, -0.05) is 24.3 Å². The fourth-order valence-electron chi connectivity index (χ4n) is 1.87. The van der Waals surface area contributed by atoms with Gasteiger partial charge in [0.2, 0.25) is 0 Å². The molecule has 0 radical (unpaired) electrons. The molecule has 1 aromatic heterocycles. The van der Waals surface area contributed by atoms with Crippen LogP contribution in [0.15, 0.2) is 29.6 Å². The minimum atomic E-state index is 0.236. The van der Waals surface area contributed by atoms with E-state index in [1.54, 1.807) is 11.3 Å². The molecule has 0 saturated heterocycles. The van der Waals surface area contributed by atoms with Gasteiger partial charge in [0.05, 0.1) is 0 Å². The zero-order chi connectivity index (χ0) is 11.5. The Hall–Kier alpha value is -1.19. The Morgan fingerprint density at radius 2 is 2.06 bits per heavy atom. The molecule has 0 amide bonds. The van der Waals surface area contributed by atoms with Gasteiger partial charge in [0.25, 0.3) is 0 Å². The van der Waals surface area contributed by atoms with Crippen molar-refractivity contribution in [1.82, 2.24) is 4.98 Å². The predicted octanol–water partition coefficient (Wildman–Crippen LogP) is 2.85. The molecule has 2 N–H and O–H groups in total. The van der Waals surface area contributed by atoms with Crippen molar-refractivity contribution in [2.45, 2.75) is 19.8 Å². The average molecular weight is 232 g/mol. The van der Waals surface area contributed by atoms with Gasteiger partial charge in [0.1, 0.15) is 5.01 Å². The van der Waals surface area contributed by atoms with Gasteiger partial charge in [-0.2, -0.15) is 0 Å². The lowest BCUT2D eigenvalue weighted by atomic mass is 9.95. The summed E-state index contributed by atoms with van der Waals surface area (Å²) < 4.78 is 0. The summed E-state index contributed by atoms with van der Waals surface area (Å²) in [6.07, 6.45) is 0. The Kier molecular flexibility index (Phi) is 3.36. The Bertz CT molecular complexity index is 476. The van der Waals surface area contributed by atoms with Crippen LogP contribution in [-0.2, 0) is 0 Å². The fraction of sp³-hybridized carbons (Fsp3) is 0.308. The number of hydrogen-bond acceptors (Lipinski definition) is 3. The lowest BCUT2D eigenvalue weighted by molar-refractivity contribution is 0.800. The Labute approximate surface area is 100 Å². The molecule has 1 aromatic carbocycles. The largest absolute Gasteiger partial charge is 0.329 e. The molecule has 0 aliphatic carbocycles. The number of benzene rings is 1. The number of nitrogens with two attached hydrogens (primary N) is 1. The van der Waals surface area contributed by atoms with E-state index in [0.717, 1.165) is 10.7 Å². The smallest absolute Gasteiger partial charge is 0.102 e. The van der Waals surface area contributed by atoms with Gasteiger partial charge in [0.15, 0.2) is 0 Å². The first kappa shape index (κ1) is 11.3. The van der Waals surface area contributed by atoms with Crippen molar-refractivity contribution in [3.05, 3.63) is 51.5 Å². The fourth-order valence-corrected chi connectivity index (χ4v) is 2.80. The first-order chi connectivity index (χ1) is 7.72. The lowest BCUT2D eigenvalue weighted by Crippen LogP contribution is -2.14. The minimum absolute atomic E-state index is 0.236. The number of aromatic nitrogens is 1. The molecule has 0 aliphatic heterocycles. The van der Waals surface area contributed by atoms with Crippen LogP contribution in [0.4, 0.5) is 0 Å². The van der Waals surface area contributed by atoms with Gasteiger partial charge in [-0.15, -0.1) is 11.3 Å². The number of aryl methyl sites for hydroxylation is 2. The third-order valence-electron chi connectivity index (χ3n) is 2.73. The van der Waals surface area contributed by atoms with Crippen molar-refractivity contribution in [2.24, 2.45) is 5.73 Å². The van der Waals surface area contributed by atoms with E-state index in [9.17, 15) is 0 Å². The number of thiazole rings is 1. The maximum Gasteiger partial charge on any atom is 0.102 e. The van der Waals surface area contributed by atoms with Crippen LogP contribution in [-0.4, -0.2) is 11.5 Å². The summed E-state index contributed by atoms with van der Waals surface area (Å²) in [6, 6.07) is 8.38. The van der Waals surface area contributed by atoms with Gasteiger partial charge < -0.3 is 5.73 Å². The Morgan fingerprint density at radius 1 is 1.31 bits per heavy atom. The molecule has 0 aliphatic rings. The van der Waals surface area contributed by atoms with Crippen molar-refractivity contribution in [3.63, 3.8) is 0 Å². The highest BCUT2D eigenvalue weighted by molar-refractivity contribution is 7.09. The highest BCUT2D eigenvalue weighted by atomic mass is 32.1. The van der Waals surface area contributed by atoms with Crippen LogP contribution in [0.2, 0.25) is 0 Å². The number of rotatable bonds is 3. The third kappa shape index (κ3) is 2.15. The molecule has 2 aromatic rings. The maximum atomic E-state index is 5.88. The molecule has 2 rings (SSSR count). The van der Waals surface area contributed by atoms with Gasteiger partial charge in [0, 0.05) is 23.5 Å². The highest BCUT2D eigenvalue weighted by Crippen LogP contribution is 2.28. The molecule has 0 bridgehead atoms. The molecular weight excluding hydrogens is 216 g/mol. The second kappa shape index (κ2) is 4.76. The zero-order valence-corrected chi connectivity index (χ0v) is 10.4. The molecule has 1 unspecified atom stereocenters. The number of hydrogen-bond donors (Lipinski definition) is 1. The monoisotopic (exact) mass is 232 g/mol. The van der Waals surface area contributed by atoms with E-state index in [1.807, 2.05) is 6.92 Å². The number of nitrogens with zero attached hydrogens (tertiary/aromatic N) is 1. The van der Waals surface area contributed by atoms with Crippen molar-refractivity contribution in [1.29, 1.82) is 0 Å². The lowest BCUT2D eigenvalue weighted by Gasteiger charge is -2.14. The normalized spacial score (nSPS) is 12.7. The SMILES string of the molecule is Cc1csc(C(CN)c2ccccc2C)n1. The molecule has 1 atom stereocenters. The van der Waals surface area contributed by atoms with Crippen LogP contribution < -0.4 is 5.73 Å². The van der Waals surface area contributed by atoms with E-state index in [0.29, 0.717) is 6.54 Å². The van der Waals surface area contributed by atoms with Crippen LogP contribution in [0.3, 0.4) is 0 Å². The summed E-state index contributed by atoms with van der Waals surface area (Å²) in [5.41, 5.74) is 9.53. The quantitative estimate of drug-likeness (QED) is 0.883. The van der Waals surface area contributed by atoms with Crippen molar-refractivity contribution in [3.8, 4) is 0 Å². The van der Waals surface area contributed by atoms with Gasteiger partial charge in [-0.25, -0.2) is 4.98 Å². The standard InChI is InChI=1S/C13H16N2S/c1-9-5-3-4-6-11(9)12(7-14)13-15-10(2)8-16-13/h3-6,8,12H,7,14H2,1-2H3. The van der Waals surface area contributed by atoms with Crippen LogP contribution in [0.25, 0.3) is 0 Å². The van der Waals surface area contributed by atoms with Gasteiger partial charge >= 0.3 is 0 Å². The second-order valence-electron chi connectivity index (χ2n) is 3.97. The molecule has 0 spiro atoms. The van der Waals surface area contributed by atoms with E-state index in [2.05, 4.69) is 41.6 Å². The first-order valence-electron chi connectivity index (χ1n) is 5.40. The van der Waals surface area contributed by atoms with E-state index in [4.69, 9.17) is 5.73 Å². The van der Waals surface area contributed by atoms with Crippen molar-refractivity contribution in [2.75, 3.05) is 6.54 Å². The molecule has 1 heterocycles. The van der Waals surface area contributed by atoms with E-state index < -0.39 is 0 Å². The second-order valence-corrected chi connectivity index (χ2v) is 4.86. The summed E-state index contributed by atoms with van der Waals surface area (Å²) in [6.45, 7) is 4.75. The van der Waals surface area contributed by atoms with Crippen molar-refractivity contribution < 1.29 is 0 Å². The molecule has 84 valence electrons. The Morgan fingerprint density at radius 3 is 2.62 bits per heavy atom. The molecule has 3 heteroatoms. The minimum Gasteiger partial charge on any atom is -0.329 e. The molecule has 16 heavy (non-hydrogen) atoms. The summed E-state index contributed by atoms with van der Waals surface area (Å²) in [4.78, 5) is 4.54. The van der Waals surface area contributed by atoms with Crippen molar-refractivity contribution >= 4 is 11.3 Å². The molecule has 0 fully saturated rings. The summed E-state index contributed by atoms with van der Waals surface area (Å²) in [7, 11) is 0. The Balaban J connectivity index is 2.40. The van der Waals surface area contributed by atoms with Crippen LogP contribution in [0.1, 0.15) is 27.7 Å². The topological polar surface area (TPSA) is 38.9 Å². The summed E-state index contributed by atoms with van der Waals surface area (Å²) in [5, 5.41) is 3.20. The maximum absolute atomic E-state index is 5.88. The van der Waals surface area contributed by atoms with E-state index in [-0.39, 0.29) is 5.92 Å². The van der Waals surface area contributed by atoms with E-state index in [1.165, 1.54) is 11.1 Å². The van der Waals surface area contributed by atoms with Crippen LogP contribution in [0.5, 0.6) is 0 Å². The highest BCUT2D eigenvalue weighted by Gasteiger charge is 2.17. The predicted molar refractivity (Wildman–Crippen MR) is 68.9 cm³/mol. The zero-order valence-electron chi connectivity index (χ0n) is 9.60. The van der Waals surface area contributed by atoms with Gasteiger partial charge in [-0.05, 0) is 25.0 Å². The average Bonchev–Trinajstić information content (AvgIpc) is 2.69. The summed E-state index contributed by atoms with van der Waals surface area (Å²) >= 11 is 1.69. The summed E-state index contributed by atoms with van der Waals surface area (Å²) in [5.74, 6) is 0.236. The molecule has 2 nitrogen and oxygen atoms in total. The van der Waals surface area contributed by atoms with Crippen LogP contribution >= 0.6 is 11.3 Å². The third-order valence-corrected chi connectivity index (χ3v) is 3.81. The van der Waals surface area contributed by atoms with Crippen LogP contribution in [0, 0.1) is 13.8 Å². The van der Waals surface area contributed by atoms with E-state index >= 15 is 0 Å².